The molecule has 26 heavy (non-hydrogen) atoms. The van der Waals surface area contributed by atoms with Crippen molar-refractivity contribution in [2.75, 3.05) is 26.8 Å². The van der Waals surface area contributed by atoms with Gasteiger partial charge in [-0.3, -0.25) is 14.9 Å². The lowest BCUT2D eigenvalue weighted by atomic mass is 10.1. The van der Waals surface area contributed by atoms with E-state index in [0.717, 1.165) is 30.9 Å². The molecule has 1 rings (SSSR count). The van der Waals surface area contributed by atoms with Gasteiger partial charge in [0.1, 0.15) is 0 Å². The van der Waals surface area contributed by atoms with Crippen LogP contribution in [-0.2, 0) is 14.3 Å². The number of nitro benzene ring substituents is 1. The fourth-order valence-corrected chi connectivity index (χ4v) is 2.07. The summed E-state index contributed by atoms with van der Waals surface area (Å²) in [6.07, 6.45) is 0. The first-order valence-corrected chi connectivity index (χ1v) is 7.66. The lowest BCUT2D eigenvalue weighted by Crippen LogP contribution is -2.35. The fourth-order valence-electron chi connectivity index (χ4n) is 2.07. The van der Waals surface area contributed by atoms with Gasteiger partial charge in [0.05, 0.1) is 23.2 Å². The first kappa shape index (κ1) is 20.8. The van der Waals surface area contributed by atoms with E-state index in [0.29, 0.717) is 13.1 Å². The average molecular weight is 364 g/mol. The van der Waals surface area contributed by atoms with Crippen molar-refractivity contribution in [1.29, 1.82) is 0 Å². The van der Waals surface area contributed by atoms with Crippen LogP contribution in [0.5, 0.6) is 0 Å². The van der Waals surface area contributed by atoms with Crippen LogP contribution in [0.2, 0.25) is 0 Å². The number of non-ortho nitro benzene ring substituents is 1. The van der Waals surface area contributed by atoms with Gasteiger partial charge in [0.25, 0.3) is 11.6 Å². The molecule has 0 N–H and O–H groups in total. The maximum Gasteiger partial charge on any atom is 0.338 e. The molecule has 0 fully saturated rings. The molecule has 0 unspecified atom stereocenters. The zero-order chi connectivity index (χ0) is 19.9. The van der Waals surface area contributed by atoms with E-state index in [9.17, 15) is 24.5 Å². The molecule has 1 aromatic carbocycles. The first-order chi connectivity index (χ1) is 12.2. The molecule has 0 radical (unpaired) electrons. The summed E-state index contributed by atoms with van der Waals surface area (Å²) in [5, 5.41) is 11.0. The summed E-state index contributed by atoms with van der Waals surface area (Å²) < 4.78 is 9.43. The van der Waals surface area contributed by atoms with Crippen LogP contribution >= 0.6 is 0 Å². The number of rotatable bonds is 8. The number of carbonyl (C=O) groups excluding carboxylic acids is 3. The summed E-state index contributed by atoms with van der Waals surface area (Å²) in [4.78, 5) is 47.5. The molecule has 0 spiro atoms. The molecule has 0 saturated carbocycles. The van der Waals surface area contributed by atoms with Crippen molar-refractivity contribution in [3.05, 3.63) is 51.6 Å². The number of hydrogen-bond donors (Lipinski definition) is 0. The van der Waals surface area contributed by atoms with Gasteiger partial charge < -0.3 is 14.4 Å². The summed E-state index contributed by atoms with van der Waals surface area (Å²) >= 11 is 0. The highest BCUT2D eigenvalue weighted by Crippen LogP contribution is 2.19. The minimum Gasteiger partial charge on any atom is -0.465 e. The Hall–Kier alpha value is -3.23. The Bertz CT molecular complexity index is 743. The molecule has 0 atom stereocenters. The quantitative estimate of drug-likeness (QED) is 0.299. The predicted molar refractivity (Wildman–Crippen MR) is 91.8 cm³/mol. The van der Waals surface area contributed by atoms with Gasteiger partial charge in [-0.2, -0.15) is 0 Å². The standard InChI is InChI=1S/C17H20N2O7/c1-5-18(9-11(2)3)15(20)10-26-17(22)13-6-12(16(21)25-4)7-14(8-13)19(23)24/h6-8H,2,5,9-10H2,1,3-4H3. The largest absolute Gasteiger partial charge is 0.465 e. The number of benzene rings is 1. The molecular formula is C17H20N2O7. The van der Waals surface area contributed by atoms with E-state index in [1.165, 1.54) is 4.90 Å². The van der Waals surface area contributed by atoms with Crippen LogP contribution in [0.4, 0.5) is 5.69 Å². The predicted octanol–water partition coefficient (Wildman–Crippen LogP) is 1.96. The summed E-state index contributed by atoms with van der Waals surface area (Å²) in [6, 6.07) is 3.06. The number of methoxy groups -OCH3 is 1. The third-order valence-electron chi connectivity index (χ3n) is 3.31. The lowest BCUT2D eigenvalue weighted by Gasteiger charge is -2.20. The first-order valence-electron chi connectivity index (χ1n) is 7.66. The Balaban J connectivity index is 2.94. The van der Waals surface area contributed by atoms with E-state index in [2.05, 4.69) is 11.3 Å². The Morgan fingerprint density at radius 2 is 1.77 bits per heavy atom. The van der Waals surface area contributed by atoms with Gasteiger partial charge in [0, 0.05) is 25.2 Å². The second-order valence-corrected chi connectivity index (χ2v) is 5.46. The second kappa shape index (κ2) is 9.30. The average Bonchev–Trinajstić information content (AvgIpc) is 2.62. The van der Waals surface area contributed by atoms with E-state index < -0.39 is 35.1 Å². The van der Waals surface area contributed by atoms with Gasteiger partial charge in [-0.25, -0.2) is 9.59 Å². The number of hydrogen-bond acceptors (Lipinski definition) is 7. The molecular weight excluding hydrogens is 344 g/mol. The molecule has 0 bridgehead atoms. The van der Waals surface area contributed by atoms with Crippen LogP contribution in [0.15, 0.2) is 30.4 Å². The van der Waals surface area contributed by atoms with Crippen molar-refractivity contribution in [2.45, 2.75) is 13.8 Å². The maximum atomic E-state index is 12.1. The van der Waals surface area contributed by atoms with Crippen molar-refractivity contribution < 1.29 is 28.8 Å². The highest BCUT2D eigenvalue weighted by molar-refractivity contribution is 5.97. The number of carbonyl (C=O) groups is 3. The van der Waals surface area contributed by atoms with Crippen molar-refractivity contribution in [3.8, 4) is 0 Å². The highest BCUT2D eigenvalue weighted by Gasteiger charge is 2.21. The minimum atomic E-state index is -0.960. The van der Waals surface area contributed by atoms with Crippen LogP contribution in [0, 0.1) is 10.1 Å². The van der Waals surface area contributed by atoms with E-state index in [4.69, 9.17) is 4.74 Å². The number of ether oxygens (including phenoxy) is 2. The molecule has 9 nitrogen and oxygen atoms in total. The third kappa shape index (κ3) is 5.69. The van der Waals surface area contributed by atoms with E-state index in [-0.39, 0.29) is 11.1 Å². The fraction of sp³-hybridized carbons (Fsp3) is 0.353. The van der Waals surface area contributed by atoms with E-state index in [1.807, 2.05) is 0 Å². The lowest BCUT2D eigenvalue weighted by molar-refractivity contribution is -0.384. The smallest absolute Gasteiger partial charge is 0.338 e. The molecule has 0 saturated heterocycles. The molecule has 1 amide bonds. The topological polar surface area (TPSA) is 116 Å². The SMILES string of the molecule is C=C(C)CN(CC)C(=O)COC(=O)c1cc(C(=O)OC)cc([N+](=O)[O-])c1. The summed E-state index contributed by atoms with van der Waals surface area (Å²) in [5.74, 6) is -2.22. The number of esters is 2. The van der Waals surface area contributed by atoms with Crippen molar-refractivity contribution >= 4 is 23.5 Å². The van der Waals surface area contributed by atoms with E-state index >= 15 is 0 Å². The number of nitrogens with zero attached hydrogens (tertiary/aromatic N) is 2. The van der Waals surface area contributed by atoms with Crippen molar-refractivity contribution in [3.63, 3.8) is 0 Å². The van der Waals surface area contributed by atoms with Crippen molar-refractivity contribution in [1.82, 2.24) is 4.90 Å². The van der Waals surface area contributed by atoms with Crippen LogP contribution < -0.4 is 0 Å². The highest BCUT2D eigenvalue weighted by atomic mass is 16.6. The molecule has 0 aromatic heterocycles. The van der Waals surface area contributed by atoms with Crippen LogP contribution in [-0.4, -0.2) is 54.5 Å². The van der Waals surface area contributed by atoms with Crippen molar-refractivity contribution in [2.24, 2.45) is 0 Å². The van der Waals surface area contributed by atoms with Gasteiger partial charge >= 0.3 is 11.9 Å². The summed E-state index contributed by atoms with van der Waals surface area (Å²) in [5.41, 5.74) is -0.0932. The number of likely N-dealkylation sites (N-methyl/N-ethyl adjacent to an activating group) is 1. The Labute approximate surface area is 150 Å². The van der Waals surface area contributed by atoms with Gasteiger partial charge in [0.15, 0.2) is 6.61 Å². The molecule has 1 aromatic rings. The zero-order valence-electron chi connectivity index (χ0n) is 14.8. The Morgan fingerprint density at radius 1 is 1.19 bits per heavy atom. The van der Waals surface area contributed by atoms with Crippen LogP contribution in [0.3, 0.4) is 0 Å². The van der Waals surface area contributed by atoms with Gasteiger partial charge in [-0.15, -0.1) is 0 Å². The third-order valence-corrected chi connectivity index (χ3v) is 3.31. The maximum absolute atomic E-state index is 12.1. The molecule has 0 heterocycles. The molecule has 0 aliphatic heterocycles. The van der Waals surface area contributed by atoms with E-state index in [1.54, 1.807) is 13.8 Å². The Morgan fingerprint density at radius 3 is 2.23 bits per heavy atom. The summed E-state index contributed by atoms with van der Waals surface area (Å²) in [7, 11) is 1.11. The monoisotopic (exact) mass is 364 g/mol. The Kier molecular flexibility index (Phi) is 7.45. The van der Waals surface area contributed by atoms with Gasteiger partial charge in [-0.05, 0) is 19.9 Å². The summed E-state index contributed by atoms with van der Waals surface area (Å²) in [6.45, 7) is 7.46. The van der Waals surface area contributed by atoms with Gasteiger partial charge in [-0.1, -0.05) is 12.2 Å². The number of nitro groups is 1. The molecule has 0 aliphatic rings. The van der Waals surface area contributed by atoms with Crippen LogP contribution in [0.1, 0.15) is 34.6 Å². The second-order valence-electron chi connectivity index (χ2n) is 5.46. The normalized spacial score (nSPS) is 9.96. The van der Waals surface area contributed by atoms with Crippen LogP contribution in [0.25, 0.3) is 0 Å². The molecule has 140 valence electrons. The molecule has 0 aliphatic carbocycles. The zero-order valence-corrected chi connectivity index (χ0v) is 14.8. The van der Waals surface area contributed by atoms with Gasteiger partial charge in [0.2, 0.25) is 0 Å². The number of amides is 1. The molecule has 9 heteroatoms. The minimum absolute atomic E-state index is 0.169.